The van der Waals surface area contributed by atoms with Gasteiger partial charge in [-0.05, 0) is 17.7 Å². The molecule has 0 aliphatic heterocycles. The van der Waals surface area contributed by atoms with Gasteiger partial charge in [-0.1, -0.05) is 36.9 Å². The molecule has 0 radical (unpaired) electrons. The van der Waals surface area contributed by atoms with E-state index in [9.17, 15) is 0 Å². The highest BCUT2D eigenvalue weighted by Crippen LogP contribution is 2.34. The van der Waals surface area contributed by atoms with Crippen molar-refractivity contribution in [3.05, 3.63) is 72.6 Å². The van der Waals surface area contributed by atoms with Crippen LogP contribution in [0.25, 0.3) is 0 Å². The molecule has 0 aliphatic rings. The van der Waals surface area contributed by atoms with Crippen molar-refractivity contribution >= 4 is 11.6 Å². The number of pyridine rings is 1. The number of nitrogens with zero attached hydrogens (tertiary/aromatic N) is 1. The van der Waals surface area contributed by atoms with Crippen LogP contribution in [-0.4, -0.2) is 11.6 Å². The maximum Gasteiger partial charge on any atom is 0.124 e. The molecule has 0 N–H and O–H groups in total. The Morgan fingerprint density at radius 1 is 1.28 bits per heavy atom. The summed E-state index contributed by atoms with van der Waals surface area (Å²) in [6, 6.07) is 11.6. The molecule has 1 atom stereocenters. The maximum absolute atomic E-state index is 6.47. The van der Waals surface area contributed by atoms with Gasteiger partial charge in [-0.2, -0.15) is 0 Å². The maximum atomic E-state index is 6.47. The standard InChI is InChI=1S/C15H14ClNO/c1-2-10-18-14-8-4-3-7-13(14)15(16)12-6-5-9-17-11-12/h2-9,11,15H,1,10H2. The second-order valence-corrected chi connectivity index (χ2v) is 4.22. The Morgan fingerprint density at radius 2 is 2.11 bits per heavy atom. The minimum absolute atomic E-state index is 0.264. The van der Waals surface area contributed by atoms with Crippen LogP contribution in [0, 0.1) is 0 Å². The molecule has 0 amide bonds. The van der Waals surface area contributed by atoms with Gasteiger partial charge in [-0.25, -0.2) is 0 Å². The number of hydrogen-bond acceptors (Lipinski definition) is 2. The molecule has 2 nitrogen and oxygen atoms in total. The number of aromatic nitrogens is 1. The van der Waals surface area contributed by atoms with Crippen molar-refractivity contribution in [2.75, 3.05) is 6.61 Å². The van der Waals surface area contributed by atoms with Crippen LogP contribution in [0.2, 0.25) is 0 Å². The number of halogens is 1. The molecule has 2 rings (SSSR count). The van der Waals surface area contributed by atoms with Gasteiger partial charge < -0.3 is 4.74 Å². The van der Waals surface area contributed by atoms with Crippen LogP contribution in [-0.2, 0) is 0 Å². The predicted octanol–water partition coefficient (Wildman–Crippen LogP) is 3.97. The third kappa shape index (κ3) is 2.90. The van der Waals surface area contributed by atoms with Crippen molar-refractivity contribution in [1.82, 2.24) is 4.98 Å². The van der Waals surface area contributed by atoms with E-state index in [1.54, 1.807) is 18.5 Å². The molecule has 2 aromatic rings. The predicted molar refractivity (Wildman–Crippen MR) is 74.1 cm³/mol. The summed E-state index contributed by atoms with van der Waals surface area (Å²) in [6.45, 7) is 4.11. The largest absolute Gasteiger partial charge is 0.489 e. The van der Waals surface area contributed by atoms with Crippen molar-refractivity contribution in [1.29, 1.82) is 0 Å². The average molecular weight is 260 g/mol. The van der Waals surface area contributed by atoms with Gasteiger partial charge in [0.25, 0.3) is 0 Å². The molecule has 0 saturated carbocycles. The Bertz CT molecular complexity index is 513. The Morgan fingerprint density at radius 3 is 2.83 bits per heavy atom. The van der Waals surface area contributed by atoms with E-state index in [0.717, 1.165) is 16.9 Å². The lowest BCUT2D eigenvalue weighted by atomic mass is 10.1. The number of benzene rings is 1. The van der Waals surface area contributed by atoms with Gasteiger partial charge in [0, 0.05) is 18.0 Å². The van der Waals surface area contributed by atoms with Crippen LogP contribution in [0.4, 0.5) is 0 Å². The molecule has 0 fully saturated rings. The van der Waals surface area contributed by atoms with Gasteiger partial charge in [-0.3, -0.25) is 4.98 Å². The lowest BCUT2D eigenvalue weighted by molar-refractivity contribution is 0.359. The summed E-state index contributed by atoms with van der Waals surface area (Å²) < 4.78 is 5.61. The van der Waals surface area contributed by atoms with E-state index in [1.807, 2.05) is 36.4 Å². The summed E-state index contributed by atoms with van der Waals surface area (Å²) >= 11 is 6.47. The summed E-state index contributed by atoms with van der Waals surface area (Å²) in [6.07, 6.45) is 5.21. The van der Waals surface area contributed by atoms with Crippen molar-refractivity contribution in [2.24, 2.45) is 0 Å². The third-order valence-electron chi connectivity index (χ3n) is 2.53. The molecule has 3 heteroatoms. The Kier molecular flexibility index (Phi) is 4.37. The summed E-state index contributed by atoms with van der Waals surface area (Å²) in [7, 11) is 0. The summed E-state index contributed by atoms with van der Waals surface area (Å²) in [5, 5.41) is -0.264. The van der Waals surface area contributed by atoms with Gasteiger partial charge in [0.1, 0.15) is 12.4 Å². The van der Waals surface area contributed by atoms with Crippen LogP contribution in [0.1, 0.15) is 16.5 Å². The van der Waals surface area contributed by atoms with E-state index in [4.69, 9.17) is 16.3 Å². The topological polar surface area (TPSA) is 22.1 Å². The highest BCUT2D eigenvalue weighted by atomic mass is 35.5. The van der Waals surface area contributed by atoms with E-state index < -0.39 is 0 Å². The second kappa shape index (κ2) is 6.22. The molecule has 1 unspecified atom stereocenters. The van der Waals surface area contributed by atoms with Gasteiger partial charge in [0.15, 0.2) is 0 Å². The molecule has 1 aromatic carbocycles. The minimum Gasteiger partial charge on any atom is -0.489 e. The number of ether oxygens (including phenoxy) is 1. The second-order valence-electron chi connectivity index (χ2n) is 3.79. The molecule has 0 bridgehead atoms. The number of para-hydroxylation sites is 1. The normalized spacial score (nSPS) is 11.8. The van der Waals surface area contributed by atoms with Crippen LogP contribution in [0.5, 0.6) is 5.75 Å². The van der Waals surface area contributed by atoms with Crippen molar-refractivity contribution in [3.63, 3.8) is 0 Å². The highest BCUT2D eigenvalue weighted by molar-refractivity contribution is 6.22. The van der Waals surface area contributed by atoms with Crippen LogP contribution < -0.4 is 4.74 Å². The quantitative estimate of drug-likeness (QED) is 0.599. The zero-order valence-electron chi connectivity index (χ0n) is 9.92. The number of hydrogen-bond donors (Lipinski definition) is 0. The average Bonchev–Trinajstić information content (AvgIpc) is 2.45. The molecule has 0 spiro atoms. The molecule has 18 heavy (non-hydrogen) atoms. The third-order valence-corrected chi connectivity index (χ3v) is 3.01. The molecular formula is C15H14ClNO. The van der Waals surface area contributed by atoms with Crippen molar-refractivity contribution in [3.8, 4) is 5.75 Å². The zero-order chi connectivity index (χ0) is 12.8. The fourth-order valence-electron chi connectivity index (χ4n) is 1.68. The van der Waals surface area contributed by atoms with Crippen LogP contribution in [0.3, 0.4) is 0 Å². The lowest BCUT2D eigenvalue weighted by Crippen LogP contribution is -2.00. The van der Waals surface area contributed by atoms with E-state index in [-0.39, 0.29) is 5.38 Å². The van der Waals surface area contributed by atoms with Gasteiger partial charge in [0.05, 0.1) is 5.38 Å². The fraction of sp³-hybridized carbons (Fsp3) is 0.133. The number of rotatable bonds is 5. The van der Waals surface area contributed by atoms with Crippen molar-refractivity contribution < 1.29 is 4.74 Å². The summed E-state index contributed by atoms with van der Waals surface area (Å²) in [5.74, 6) is 0.779. The Labute approximate surface area is 112 Å². The highest BCUT2D eigenvalue weighted by Gasteiger charge is 2.15. The first-order valence-electron chi connectivity index (χ1n) is 5.69. The van der Waals surface area contributed by atoms with Gasteiger partial charge in [-0.15, -0.1) is 11.6 Å². The molecule has 1 aromatic heterocycles. The fourth-order valence-corrected chi connectivity index (χ4v) is 1.98. The van der Waals surface area contributed by atoms with Crippen molar-refractivity contribution in [2.45, 2.75) is 5.38 Å². The Hall–Kier alpha value is -1.80. The first-order valence-corrected chi connectivity index (χ1v) is 6.13. The van der Waals surface area contributed by atoms with E-state index >= 15 is 0 Å². The van der Waals surface area contributed by atoms with E-state index in [0.29, 0.717) is 6.61 Å². The van der Waals surface area contributed by atoms with Gasteiger partial charge >= 0.3 is 0 Å². The lowest BCUT2D eigenvalue weighted by Gasteiger charge is -2.14. The monoisotopic (exact) mass is 259 g/mol. The van der Waals surface area contributed by atoms with E-state index in [1.165, 1.54) is 0 Å². The molecule has 92 valence electrons. The van der Waals surface area contributed by atoms with Crippen LogP contribution >= 0.6 is 11.6 Å². The minimum atomic E-state index is -0.264. The molecule has 0 saturated heterocycles. The summed E-state index contributed by atoms with van der Waals surface area (Å²) in [5.41, 5.74) is 1.89. The molecular weight excluding hydrogens is 246 g/mol. The molecule has 1 heterocycles. The van der Waals surface area contributed by atoms with Crippen LogP contribution in [0.15, 0.2) is 61.4 Å². The number of alkyl halides is 1. The SMILES string of the molecule is C=CCOc1ccccc1C(Cl)c1cccnc1. The molecule has 0 aliphatic carbocycles. The first kappa shape index (κ1) is 12.7. The van der Waals surface area contributed by atoms with Gasteiger partial charge in [0.2, 0.25) is 0 Å². The first-order chi connectivity index (χ1) is 8.83. The smallest absolute Gasteiger partial charge is 0.124 e. The summed E-state index contributed by atoms with van der Waals surface area (Å²) in [4.78, 5) is 4.08. The Balaban J connectivity index is 2.29. The van der Waals surface area contributed by atoms with E-state index in [2.05, 4.69) is 11.6 Å². The zero-order valence-corrected chi connectivity index (χ0v) is 10.7.